The first-order valence-electron chi connectivity index (χ1n) is 4.04. The molecule has 0 aromatic heterocycles. The molecular formula is C8H13O5S-. The summed E-state index contributed by atoms with van der Waals surface area (Å²) in [4.78, 5) is 21.4. The summed E-state index contributed by atoms with van der Waals surface area (Å²) in [5.41, 5.74) is -1.12. The zero-order valence-electron chi connectivity index (χ0n) is 8.15. The number of esters is 1. The van der Waals surface area contributed by atoms with Crippen LogP contribution < -0.4 is 0 Å². The minimum absolute atomic E-state index is 0.142. The van der Waals surface area contributed by atoms with Gasteiger partial charge in [0.2, 0.25) is 0 Å². The number of methoxy groups -OCH3 is 1. The molecule has 0 amide bonds. The fourth-order valence-electron chi connectivity index (χ4n) is 1.12. The predicted octanol–water partition coefficient (Wildman–Crippen LogP) is 0.0239. The van der Waals surface area contributed by atoms with E-state index in [9.17, 15) is 18.4 Å². The highest BCUT2D eigenvalue weighted by Crippen LogP contribution is 2.25. The van der Waals surface area contributed by atoms with Crippen molar-refractivity contribution in [1.29, 1.82) is 0 Å². The Hall–Kier alpha value is -0.750. The Morgan fingerprint density at radius 2 is 2.21 bits per heavy atom. The van der Waals surface area contributed by atoms with E-state index in [1.807, 2.05) is 0 Å². The second-order valence-electron chi connectivity index (χ2n) is 3.21. The van der Waals surface area contributed by atoms with Crippen molar-refractivity contribution in [1.82, 2.24) is 0 Å². The van der Waals surface area contributed by atoms with E-state index >= 15 is 0 Å². The number of rotatable bonds is 6. The second kappa shape index (κ2) is 5.87. The fourth-order valence-corrected chi connectivity index (χ4v) is 1.90. The summed E-state index contributed by atoms with van der Waals surface area (Å²) in [6.45, 7) is 1.47. The monoisotopic (exact) mass is 221 g/mol. The molecule has 82 valence electrons. The molecule has 0 aromatic carbocycles. The van der Waals surface area contributed by atoms with Gasteiger partial charge in [0, 0.05) is 12.2 Å². The normalized spacial score (nSPS) is 16.8. The van der Waals surface area contributed by atoms with Gasteiger partial charge in [-0.3, -0.25) is 9.00 Å². The van der Waals surface area contributed by atoms with Crippen molar-refractivity contribution >= 4 is 23.3 Å². The zero-order chi connectivity index (χ0) is 11.2. The molecule has 0 rings (SSSR count). The molecule has 0 heterocycles. The average molecular weight is 221 g/mol. The Labute approximate surface area is 85.1 Å². The van der Waals surface area contributed by atoms with Gasteiger partial charge >= 0.3 is 5.97 Å². The van der Waals surface area contributed by atoms with Gasteiger partial charge in [-0.2, -0.15) is 0 Å². The van der Waals surface area contributed by atoms with Crippen LogP contribution in [0, 0.1) is 5.41 Å². The Morgan fingerprint density at radius 3 is 2.57 bits per heavy atom. The average Bonchev–Trinajstić information content (AvgIpc) is 2.12. The third-order valence-electron chi connectivity index (χ3n) is 1.93. The van der Waals surface area contributed by atoms with Crippen molar-refractivity contribution in [2.24, 2.45) is 5.41 Å². The van der Waals surface area contributed by atoms with Gasteiger partial charge in [0.15, 0.2) is 0 Å². The van der Waals surface area contributed by atoms with E-state index in [0.29, 0.717) is 6.29 Å². The van der Waals surface area contributed by atoms with Crippen molar-refractivity contribution in [2.45, 2.75) is 19.8 Å². The molecule has 5 nitrogen and oxygen atoms in total. The number of aldehydes is 1. The Morgan fingerprint density at radius 1 is 1.64 bits per heavy atom. The van der Waals surface area contributed by atoms with Crippen LogP contribution in [0.4, 0.5) is 0 Å². The highest BCUT2D eigenvalue weighted by molar-refractivity contribution is 7.79. The highest BCUT2D eigenvalue weighted by Gasteiger charge is 2.33. The lowest BCUT2D eigenvalue weighted by Crippen LogP contribution is -2.34. The molecule has 2 atom stereocenters. The van der Waals surface area contributed by atoms with Crippen LogP contribution in [0.1, 0.15) is 19.8 Å². The number of carbonyl (C=O) groups is 2. The molecule has 6 heteroatoms. The quantitative estimate of drug-likeness (QED) is 0.359. The summed E-state index contributed by atoms with van der Waals surface area (Å²) in [5.74, 6) is -0.934. The summed E-state index contributed by atoms with van der Waals surface area (Å²) >= 11 is -2.33. The van der Waals surface area contributed by atoms with Crippen LogP contribution in [0.5, 0.6) is 0 Å². The highest BCUT2D eigenvalue weighted by atomic mass is 32.2. The van der Waals surface area contributed by atoms with Crippen LogP contribution in [0.25, 0.3) is 0 Å². The summed E-state index contributed by atoms with van der Waals surface area (Å²) < 4.78 is 25.5. The van der Waals surface area contributed by atoms with Gasteiger partial charge in [-0.05, 0) is 13.3 Å². The second-order valence-corrected chi connectivity index (χ2v) is 4.10. The molecule has 14 heavy (non-hydrogen) atoms. The van der Waals surface area contributed by atoms with Crippen LogP contribution in [0.3, 0.4) is 0 Å². The molecule has 1 unspecified atom stereocenters. The zero-order valence-corrected chi connectivity index (χ0v) is 8.96. The minimum Gasteiger partial charge on any atom is -0.772 e. The number of carbonyl (C=O) groups excluding carboxylic acids is 2. The molecule has 0 saturated heterocycles. The molecule has 0 saturated carbocycles. The molecule has 0 aliphatic rings. The maximum absolute atomic E-state index is 11.3. The first kappa shape index (κ1) is 13.2. The summed E-state index contributed by atoms with van der Waals surface area (Å²) in [7, 11) is 1.19. The van der Waals surface area contributed by atoms with Crippen LogP contribution in [0.15, 0.2) is 0 Å². The van der Waals surface area contributed by atoms with E-state index in [0.717, 1.165) is 0 Å². The molecular weight excluding hydrogens is 208 g/mol. The lowest BCUT2D eigenvalue weighted by atomic mass is 9.88. The molecule has 0 spiro atoms. The van der Waals surface area contributed by atoms with Crippen molar-refractivity contribution in [3.8, 4) is 0 Å². The topological polar surface area (TPSA) is 83.5 Å². The number of hydrogen-bond donors (Lipinski definition) is 0. The summed E-state index contributed by atoms with van der Waals surface area (Å²) in [6, 6.07) is 0. The minimum atomic E-state index is -2.33. The standard InChI is InChI=1S/C8H14O5S/c1-8(4-3-5-9,6-14(11)12)7(10)13-2/h5H,3-4,6H2,1-2H3,(H,11,12)/p-1/t8-/m0/s1. The first-order chi connectivity index (χ1) is 6.46. The van der Waals surface area contributed by atoms with Crippen LogP contribution >= 0.6 is 0 Å². The Bertz CT molecular complexity index is 240. The van der Waals surface area contributed by atoms with Crippen molar-refractivity contribution in [3.05, 3.63) is 0 Å². The maximum Gasteiger partial charge on any atom is 0.312 e. The Kier molecular flexibility index (Phi) is 5.56. The van der Waals surface area contributed by atoms with Gasteiger partial charge in [0.05, 0.1) is 12.5 Å². The van der Waals surface area contributed by atoms with Gasteiger partial charge in [0.25, 0.3) is 0 Å². The van der Waals surface area contributed by atoms with Gasteiger partial charge in [-0.25, -0.2) is 0 Å². The van der Waals surface area contributed by atoms with Crippen LogP contribution in [-0.2, 0) is 25.4 Å². The first-order valence-corrected chi connectivity index (χ1v) is 5.28. The third kappa shape index (κ3) is 3.97. The van der Waals surface area contributed by atoms with E-state index in [1.54, 1.807) is 0 Å². The maximum atomic E-state index is 11.3. The molecule has 0 radical (unpaired) electrons. The van der Waals surface area contributed by atoms with Crippen LogP contribution in [0.2, 0.25) is 0 Å². The van der Waals surface area contributed by atoms with Crippen molar-refractivity contribution in [2.75, 3.05) is 12.9 Å². The molecule has 0 aliphatic heterocycles. The van der Waals surface area contributed by atoms with Crippen molar-refractivity contribution < 1.29 is 23.1 Å². The number of hydrogen-bond acceptors (Lipinski definition) is 5. The SMILES string of the molecule is COC(=O)[C@@](C)(CCC=O)CS(=O)[O-]. The van der Waals surface area contributed by atoms with Gasteiger partial charge in [-0.1, -0.05) is 11.1 Å². The summed E-state index contributed by atoms with van der Waals surface area (Å²) in [6.07, 6.45) is 0.967. The van der Waals surface area contributed by atoms with E-state index in [1.165, 1.54) is 14.0 Å². The lowest BCUT2D eigenvalue weighted by Gasteiger charge is -2.26. The van der Waals surface area contributed by atoms with Crippen molar-refractivity contribution in [3.63, 3.8) is 0 Å². The summed E-state index contributed by atoms with van der Waals surface area (Å²) in [5, 5.41) is 0. The largest absolute Gasteiger partial charge is 0.772 e. The molecule has 0 aromatic rings. The van der Waals surface area contributed by atoms with E-state index < -0.39 is 22.5 Å². The lowest BCUT2D eigenvalue weighted by molar-refractivity contribution is -0.150. The smallest absolute Gasteiger partial charge is 0.312 e. The van der Waals surface area contributed by atoms with Gasteiger partial charge < -0.3 is 14.1 Å². The van der Waals surface area contributed by atoms with Crippen LogP contribution in [-0.4, -0.2) is 33.9 Å². The Balaban J connectivity index is 4.55. The van der Waals surface area contributed by atoms with E-state index in [2.05, 4.69) is 4.74 Å². The number of ether oxygens (including phenoxy) is 1. The third-order valence-corrected chi connectivity index (χ3v) is 2.80. The molecule has 0 fully saturated rings. The fraction of sp³-hybridized carbons (Fsp3) is 0.750. The molecule has 0 N–H and O–H groups in total. The predicted molar refractivity (Wildman–Crippen MR) is 49.2 cm³/mol. The van der Waals surface area contributed by atoms with Gasteiger partial charge in [0.1, 0.15) is 6.29 Å². The van der Waals surface area contributed by atoms with E-state index in [4.69, 9.17) is 0 Å². The molecule has 0 aliphatic carbocycles. The van der Waals surface area contributed by atoms with Gasteiger partial charge in [-0.15, -0.1) is 0 Å². The van der Waals surface area contributed by atoms with E-state index in [-0.39, 0.29) is 18.6 Å². The molecule has 0 bridgehead atoms.